The lowest BCUT2D eigenvalue weighted by molar-refractivity contribution is -0.0174. The number of hydrogen-bond donors (Lipinski definition) is 2. The average Bonchev–Trinajstić information content (AvgIpc) is 3.09. The van der Waals surface area contributed by atoms with E-state index >= 15 is 0 Å². The Morgan fingerprint density at radius 1 is 1.36 bits per heavy atom. The molecule has 1 heterocycles. The van der Waals surface area contributed by atoms with E-state index in [1.54, 1.807) is 7.11 Å². The van der Waals surface area contributed by atoms with E-state index in [1.165, 1.54) is 25.7 Å². The fourth-order valence-electron chi connectivity index (χ4n) is 4.21. The number of rotatable bonds is 8. The lowest BCUT2D eigenvalue weighted by Crippen LogP contribution is -2.53. The molecule has 2 N–H and O–H groups in total. The second kappa shape index (κ2) is 10.3. The number of nitrogens with one attached hydrogen (secondary N) is 2. The maximum absolute atomic E-state index is 5.54. The highest BCUT2D eigenvalue weighted by Gasteiger charge is 2.33. The van der Waals surface area contributed by atoms with Gasteiger partial charge in [-0.3, -0.25) is 9.89 Å². The van der Waals surface area contributed by atoms with Crippen LogP contribution in [0.4, 0.5) is 0 Å². The zero-order chi connectivity index (χ0) is 18.1. The van der Waals surface area contributed by atoms with E-state index in [9.17, 15) is 0 Å². The van der Waals surface area contributed by atoms with Gasteiger partial charge in [0.15, 0.2) is 5.96 Å². The molecule has 2 fully saturated rings. The van der Waals surface area contributed by atoms with Gasteiger partial charge in [0, 0.05) is 52.5 Å². The van der Waals surface area contributed by atoms with Crippen LogP contribution in [0.3, 0.4) is 0 Å². The molecular weight excluding hydrogens is 316 g/mol. The summed E-state index contributed by atoms with van der Waals surface area (Å²) in [6.07, 6.45) is 6.39. The van der Waals surface area contributed by atoms with Gasteiger partial charge in [-0.05, 0) is 38.5 Å². The molecule has 2 aliphatic rings. The van der Waals surface area contributed by atoms with Crippen LogP contribution in [-0.4, -0.2) is 76.6 Å². The molecule has 0 aromatic carbocycles. The van der Waals surface area contributed by atoms with E-state index in [2.05, 4.69) is 34.4 Å². The summed E-state index contributed by atoms with van der Waals surface area (Å²) in [5.41, 5.74) is 0.373. The van der Waals surface area contributed by atoms with Gasteiger partial charge in [-0.2, -0.15) is 0 Å². The molecule has 2 unspecified atom stereocenters. The van der Waals surface area contributed by atoms with E-state index in [1.807, 2.05) is 7.05 Å². The van der Waals surface area contributed by atoms with Crippen LogP contribution >= 0.6 is 0 Å². The predicted octanol–water partition coefficient (Wildman–Crippen LogP) is 1.86. The Balaban J connectivity index is 1.77. The average molecular weight is 355 g/mol. The first-order chi connectivity index (χ1) is 12.1. The van der Waals surface area contributed by atoms with E-state index < -0.39 is 0 Å². The van der Waals surface area contributed by atoms with Crippen LogP contribution in [-0.2, 0) is 9.47 Å². The fourth-order valence-corrected chi connectivity index (χ4v) is 4.21. The predicted molar refractivity (Wildman–Crippen MR) is 103 cm³/mol. The lowest BCUT2D eigenvalue weighted by Gasteiger charge is -2.38. The summed E-state index contributed by atoms with van der Waals surface area (Å²) in [7, 11) is 3.65. The first kappa shape index (κ1) is 20.5. The molecule has 0 aromatic heterocycles. The summed E-state index contributed by atoms with van der Waals surface area (Å²) >= 11 is 0. The summed E-state index contributed by atoms with van der Waals surface area (Å²) in [6.45, 7) is 9.92. The molecule has 1 saturated carbocycles. The van der Waals surface area contributed by atoms with Crippen molar-refractivity contribution in [3.8, 4) is 0 Å². The minimum absolute atomic E-state index is 0.373. The third-order valence-electron chi connectivity index (χ3n) is 5.91. The number of aliphatic imine (C=N–C) groups is 1. The first-order valence-corrected chi connectivity index (χ1v) is 9.87. The minimum Gasteiger partial charge on any atom is -0.385 e. The smallest absolute Gasteiger partial charge is 0.191 e. The first-order valence-electron chi connectivity index (χ1n) is 9.87. The number of hydrogen-bond acceptors (Lipinski definition) is 4. The van der Waals surface area contributed by atoms with E-state index in [-0.39, 0.29) is 0 Å². The summed E-state index contributed by atoms with van der Waals surface area (Å²) < 4.78 is 10.9. The summed E-state index contributed by atoms with van der Waals surface area (Å²) in [6, 6.07) is 0.947. The summed E-state index contributed by atoms with van der Waals surface area (Å²) in [4.78, 5) is 6.93. The molecule has 146 valence electrons. The van der Waals surface area contributed by atoms with Crippen molar-refractivity contribution < 1.29 is 9.47 Å². The Kier molecular flexibility index (Phi) is 8.46. The normalized spacial score (nSPS) is 25.8. The zero-order valence-electron chi connectivity index (χ0n) is 16.6. The maximum atomic E-state index is 5.54. The Hall–Kier alpha value is -0.850. The monoisotopic (exact) mass is 354 g/mol. The molecule has 0 amide bonds. The minimum atomic E-state index is 0.373. The molecule has 0 radical (unpaired) electrons. The van der Waals surface area contributed by atoms with Crippen molar-refractivity contribution in [3.05, 3.63) is 0 Å². The second-order valence-electron chi connectivity index (χ2n) is 7.77. The summed E-state index contributed by atoms with van der Waals surface area (Å²) in [5.74, 6) is 0.913. The van der Waals surface area contributed by atoms with Crippen LogP contribution in [0.1, 0.15) is 46.0 Å². The standard InChI is InChI=1S/C19H38N4O2/c1-16(23-10-12-25-14-17(23)2)13-21-18(20-3)22-15-19(9-11-24-4)7-5-6-8-19/h16-17H,5-15H2,1-4H3,(H2,20,21,22). The largest absolute Gasteiger partial charge is 0.385 e. The van der Waals surface area contributed by atoms with E-state index in [0.717, 1.165) is 51.8 Å². The van der Waals surface area contributed by atoms with Gasteiger partial charge in [-0.25, -0.2) is 0 Å². The third-order valence-corrected chi connectivity index (χ3v) is 5.91. The van der Waals surface area contributed by atoms with Gasteiger partial charge in [-0.1, -0.05) is 12.8 Å². The van der Waals surface area contributed by atoms with Gasteiger partial charge in [-0.15, -0.1) is 0 Å². The van der Waals surface area contributed by atoms with Gasteiger partial charge >= 0.3 is 0 Å². The van der Waals surface area contributed by atoms with E-state index in [4.69, 9.17) is 9.47 Å². The van der Waals surface area contributed by atoms with Gasteiger partial charge in [0.25, 0.3) is 0 Å². The van der Waals surface area contributed by atoms with Crippen molar-refractivity contribution in [1.82, 2.24) is 15.5 Å². The summed E-state index contributed by atoms with van der Waals surface area (Å²) in [5, 5.41) is 7.08. The molecule has 0 bridgehead atoms. The van der Waals surface area contributed by atoms with Crippen LogP contribution in [0.5, 0.6) is 0 Å². The van der Waals surface area contributed by atoms with Crippen molar-refractivity contribution in [2.24, 2.45) is 10.4 Å². The Labute approximate surface area is 153 Å². The van der Waals surface area contributed by atoms with Crippen molar-refractivity contribution in [2.45, 2.75) is 58.0 Å². The molecule has 6 nitrogen and oxygen atoms in total. The molecule has 1 aliphatic heterocycles. The molecule has 2 atom stereocenters. The topological polar surface area (TPSA) is 58.1 Å². The number of methoxy groups -OCH3 is 1. The second-order valence-corrected chi connectivity index (χ2v) is 7.77. The SMILES string of the molecule is CN=C(NCC(C)N1CCOCC1C)NCC1(CCOC)CCCC1. The maximum Gasteiger partial charge on any atom is 0.191 e. The highest BCUT2D eigenvalue weighted by Crippen LogP contribution is 2.40. The zero-order valence-corrected chi connectivity index (χ0v) is 16.6. The molecule has 2 rings (SSSR count). The van der Waals surface area contributed by atoms with Crippen molar-refractivity contribution in [2.75, 3.05) is 53.6 Å². The van der Waals surface area contributed by atoms with Crippen LogP contribution in [0.25, 0.3) is 0 Å². The van der Waals surface area contributed by atoms with Crippen molar-refractivity contribution in [3.63, 3.8) is 0 Å². The Morgan fingerprint density at radius 3 is 2.76 bits per heavy atom. The quantitative estimate of drug-likeness (QED) is 0.515. The molecule has 1 saturated heterocycles. The van der Waals surface area contributed by atoms with Crippen molar-refractivity contribution in [1.29, 1.82) is 0 Å². The molecule has 0 aromatic rings. The van der Waals surface area contributed by atoms with Gasteiger partial charge in [0.05, 0.1) is 13.2 Å². The van der Waals surface area contributed by atoms with Crippen LogP contribution in [0, 0.1) is 5.41 Å². The molecule has 6 heteroatoms. The third kappa shape index (κ3) is 6.12. The number of guanidine groups is 1. The van der Waals surface area contributed by atoms with Gasteiger partial charge < -0.3 is 20.1 Å². The molecular formula is C19H38N4O2. The van der Waals surface area contributed by atoms with Crippen LogP contribution < -0.4 is 10.6 Å². The van der Waals surface area contributed by atoms with Crippen LogP contribution in [0.15, 0.2) is 4.99 Å². The van der Waals surface area contributed by atoms with Crippen molar-refractivity contribution >= 4 is 5.96 Å². The number of ether oxygens (including phenoxy) is 2. The van der Waals surface area contributed by atoms with Crippen LogP contribution in [0.2, 0.25) is 0 Å². The Bertz CT molecular complexity index is 410. The van der Waals surface area contributed by atoms with E-state index in [0.29, 0.717) is 17.5 Å². The molecule has 0 spiro atoms. The van der Waals surface area contributed by atoms with Gasteiger partial charge in [0.1, 0.15) is 0 Å². The van der Waals surface area contributed by atoms with Gasteiger partial charge in [0.2, 0.25) is 0 Å². The lowest BCUT2D eigenvalue weighted by atomic mass is 9.83. The molecule has 25 heavy (non-hydrogen) atoms. The Morgan fingerprint density at radius 2 is 2.12 bits per heavy atom. The number of morpholine rings is 1. The highest BCUT2D eigenvalue weighted by atomic mass is 16.5. The molecule has 1 aliphatic carbocycles. The highest BCUT2D eigenvalue weighted by molar-refractivity contribution is 5.79. The number of nitrogens with zero attached hydrogens (tertiary/aromatic N) is 2. The fraction of sp³-hybridized carbons (Fsp3) is 0.947.